The highest BCUT2D eigenvalue weighted by Crippen LogP contribution is 2.49. The van der Waals surface area contributed by atoms with E-state index in [0.717, 1.165) is 36.8 Å². The Bertz CT molecular complexity index is 1310. The van der Waals surface area contributed by atoms with Crippen LogP contribution in [0.25, 0.3) is 0 Å². The topological polar surface area (TPSA) is 77.1 Å². The highest BCUT2D eigenvalue weighted by Gasteiger charge is 2.48. The Kier molecular flexibility index (Phi) is 8.17. The van der Waals surface area contributed by atoms with Crippen molar-refractivity contribution in [2.45, 2.75) is 57.2 Å². The fraction of sp³-hybridized carbons (Fsp3) is 0.375. The summed E-state index contributed by atoms with van der Waals surface area (Å²) < 4.78 is 11.3. The summed E-state index contributed by atoms with van der Waals surface area (Å²) >= 11 is 0. The average Bonchev–Trinajstić information content (AvgIpc) is 2.97. The van der Waals surface area contributed by atoms with Gasteiger partial charge in [-0.25, -0.2) is 5.48 Å². The molecule has 4 atom stereocenters. The minimum Gasteiger partial charge on any atom is -0.497 e. The molecular formula is C32H36N2O5. The first-order valence-corrected chi connectivity index (χ1v) is 13.6. The van der Waals surface area contributed by atoms with Gasteiger partial charge in [-0.15, -0.1) is 0 Å². The van der Waals surface area contributed by atoms with Crippen molar-refractivity contribution in [2.75, 3.05) is 14.2 Å². The number of carbonyl (C=O) groups is 2. The molecule has 1 aliphatic heterocycles. The number of nitrogens with zero attached hydrogens (tertiary/aromatic N) is 1. The van der Waals surface area contributed by atoms with Gasteiger partial charge in [0.1, 0.15) is 11.5 Å². The van der Waals surface area contributed by atoms with E-state index >= 15 is 0 Å². The van der Waals surface area contributed by atoms with Gasteiger partial charge in [-0.3, -0.25) is 14.4 Å². The van der Waals surface area contributed by atoms with Gasteiger partial charge in [0.25, 0.3) is 11.8 Å². The standard InChI is InChI=1S/C32H36N2O5/c1-21-11-7-10-16-27(21)34-30(26-18-17-23(37-2)19-28(26)38-3)29(24-14-8-9-15-25(24)32(34)36)31(35)33-39-20-22-12-5-4-6-13-22/h4-6,8-9,12-15,17-19,21,27,29-30H,7,10-11,16,20H2,1-3H3,(H,33,35)/t21-,27-,29-,30+/m1/s1. The Hall–Kier alpha value is -3.84. The third-order valence-electron chi connectivity index (χ3n) is 8.10. The maximum atomic E-state index is 14.2. The summed E-state index contributed by atoms with van der Waals surface area (Å²) in [5.74, 6) is 0.457. The predicted octanol–water partition coefficient (Wildman–Crippen LogP) is 5.81. The molecule has 3 aromatic rings. The molecule has 0 bridgehead atoms. The third-order valence-corrected chi connectivity index (χ3v) is 8.10. The van der Waals surface area contributed by atoms with E-state index in [9.17, 15) is 9.59 Å². The van der Waals surface area contributed by atoms with Crippen LogP contribution in [0.2, 0.25) is 0 Å². The Morgan fingerprint density at radius 3 is 2.41 bits per heavy atom. The van der Waals surface area contributed by atoms with Crippen LogP contribution in [0.4, 0.5) is 0 Å². The zero-order valence-electron chi connectivity index (χ0n) is 22.8. The van der Waals surface area contributed by atoms with E-state index in [1.807, 2.05) is 77.7 Å². The molecule has 5 rings (SSSR count). The molecule has 3 aromatic carbocycles. The molecule has 2 amide bonds. The van der Waals surface area contributed by atoms with E-state index < -0.39 is 12.0 Å². The van der Waals surface area contributed by atoms with E-state index in [0.29, 0.717) is 28.5 Å². The lowest BCUT2D eigenvalue weighted by Gasteiger charge is -2.48. The van der Waals surface area contributed by atoms with Crippen molar-refractivity contribution in [2.24, 2.45) is 5.92 Å². The molecule has 1 fully saturated rings. The first-order chi connectivity index (χ1) is 19.0. The largest absolute Gasteiger partial charge is 0.497 e. The minimum absolute atomic E-state index is 0.00282. The molecule has 0 unspecified atom stereocenters. The summed E-state index contributed by atoms with van der Waals surface area (Å²) in [6.45, 7) is 2.44. The number of ether oxygens (including phenoxy) is 2. The van der Waals surface area contributed by atoms with E-state index in [2.05, 4.69) is 12.4 Å². The molecule has 1 aliphatic carbocycles. The van der Waals surface area contributed by atoms with Crippen LogP contribution in [-0.2, 0) is 16.2 Å². The van der Waals surface area contributed by atoms with Crippen LogP contribution in [0.15, 0.2) is 72.8 Å². The zero-order chi connectivity index (χ0) is 27.4. The number of hydrogen-bond acceptors (Lipinski definition) is 5. The first kappa shape index (κ1) is 26.8. The number of hydrogen-bond donors (Lipinski definition) is 1. The quantitative estimate of drug-likeness (QED) is 0.373. The summed E-state index contributed by atoms with van der Waals surface area (Å²) in [5, 5.41) is 0. The van der Waals surface area contributed by atoms with Gasteiger partial charge in [-0.05, 0) is 48.1 Å². The maximum absolute atomic E-state index is 14.2. The molecule has 7 nitrogen and oxygen atoms in total. The maximum Gasteiger partial charge on any atom is 0.254 e. The Morgan fingerprint density at radius 2 is 1.67 bits per heavy atom. The van der Waals surface area contributed by atoms with Gasteiger partial charge in [0.05, 0.1) is 32.8 Å². The van der Waals surface area contributed by atoms with Crippen LogP contribution in [0.3, 0.4) is 0 Å². The van der Waals surface area contributed by atoms with Crippen molar-refractivity contribution in [3.63, 3.8) is 0 Å². The molecular weight excluding hydrogens is 492 g/mol. The second-order valence-electron chi connectivity index (χ2n) is 10.4. The van der Waals surface area contributed by atoms with Gasteiger partial charge in [-0.2, -0.15) is 0 Å². The fourth-order valence-electron chi connectivity index (χ4n) is 6.13. The van der Waals surface area contributed by atoms with Crippen molar-refractivity contribution in [1.82, 2.24) is 10.4 Å². The number of nitrogens with one attached hydrogen (secondary N) is 1. The van der Waals surface area contributed by atoms with Gasteiger partial charge in [0, 0.05) is 23.2 Å². The molecule has 2 aliphatic rings. The Balaban J connectivity index is 1.60. The van der Waals surface area contributed by atoms with Crippen LogP contribution < -0.4 is 15.0 Å². The summed E-state index contributed by atoms with van der Waals surface area (Å²) in [6, 6.07) is 22.1. The van der Waals surface area contributed by atoms with Crippen molar-refractivity contribution in [1.29, 1.82) is 0 Å². The molecule has 39 heavy (non-hydrogen) atoms. The number of benzene rings is 3. The van der Waals surface area contributed by atoms with Gasteiger partial charge >= 0.3 is 0 Å². The molecule has 1 N–H and O–H groups in total. The van der Waals surface area contributed by atoms with Crippen LogP contribution >= 0.6 is 0 Å². The van der Waals surface area contributed by atoms with Gasteiger partial charge in [0.2, 0.25) is 0 Å². The van der Waals surface area contributed by atoms with Gasteiger partial charge < -0.3 is 14.4 Å². The molecule has 0 spiro atoms. The van der Waals surface area contributed by atoms with E-state index in [4.69, 9.17) is 14.3 Å². The van der Waals surface area contributed by atoms with Crippen LogP contribution in [-0.4, -0.2) is 37.0 Å². The lowest BCUT2D eigenvalue weighted by molar-refractivity contribution is -0.138. The molecule has 1 heterocycles. The molecule has 0 aromatic heterocycles. The van der Waals surface area contributed by atoms with E-state index in [-0.39, 0.29) is 24.5 Å². The number of carbonyl (C=O) groups excluding carboxylic acids is 2. The van der Waals surface area contributed by atoms with Crippen molar-refractivity contribution >= 4 is 11.8 Å². The lowest BCUT2D eigenvalue weighted by atomic mass is 9.75. The Morgan fingerprint density at radius 1 is 0.923 bits per heavy atom. The third kappa shape index (κ3) is 5.36. The minimum atomic E-state index is -0.703. The summed E-state index contributed by atoms with van der Waals surface area (Å²) in [4.78, 5) is 35.9. The SMILES string of the molecule is COc1ccc([C@H]2[C@H](C(=O)NOCc3ccccc3)c3ccccc3C(=O)N2[C@@H]2CCCC[C@H]2C)c(OC)c1. The van der Waals surface area contributed by atoms with Crippen molar-refractivity contribution in [3.8, 4) is 11.5 Å². The van der Waals surface area contributed by atoms with Gasteiger partial charge in [-0.1, -0.05) is 68.3 Å². The predicted molar refractivity (Wildman–Crippen MR) is 148 cm³/mol. The number of amides is 2. The molecule has 0 radical (unpaired) electrons. The fourth-order valence-corrected chi connectivity index (χ4v) is 6.13. The smallest absolute Gasteiger partial charge is 0.254 e. The highest BCUT2D eigenvalue weighted by atomic mass is 16.6. The number of rotatable bonds is 8. The van der Waals surface area contributed by atoms with Crippen LogP contribution in [0, 0.1) is 5.92 Å². The normalized spacial score (nSPS) is 22.6. The highest BCUT2D eigenvalue weighted by molar-refractivity contribution is 6.01. The van der Waals surface area contributed by atoms with Crippen LogP contribution in [0.1, 0.15) is 71.6 Å². The molecule has 204 valence electrons. The monoisotopic (exact) mass is 528 g/mol. The first-order valence-electron chi connectivity index (χ1n) is 13.6. The summed E-state index contributed by atoms with van der Waals surface area (Å²) in [6.07, 6.45) is 4.12. The zero-order valence-corrected chi connectivity index (χ0v) is 22.8. The average molecular weight is 529 g/mol. The number of methoxy groups -OCH3 is 2. The van der Waals surface area contributed by atoms with Gasteiger partial charge in [0.15, 0.2) is 0 Å². The van der Waals surface area contributed by atoms with Crippen molar-refractivity contribution < 1.29 is 23.9 Å². The summed E-state index contributed by atoms with van der Waals surface area (Å²) in [5.41, 5.74) is 5.67. The van der Waals surface area contributed by atoms with Crippen LogP contribution in [0.5, 0.6) is 11.5 Å². The Labute approximate surface area is 230 Å². The van der Waals surface area contributed by atoms with E-state index in [1.54, 1.807) is 14.2 Å². The number of fused-ring (bicyclic) bond motifs is 1. The summed E-state index contributed by atoms with van der Waals surface area (Å²) in [7, 11) is 3.20. The van der Waals surface area contributed by atoms with E-state index in [1.165, 1.54) is 0 Å². The second-order valence-corrected chi connectivity index (χ2v) is 10.4. The second kappa shape index (κ2) is 11.9. The molecule has 0 saturated heterocycles. The number of hydroxylamine groups is 1. The lowest BCUT2D eigenvalue weighted by Crippen LogP contribution is -2.53. The van der Waals surface area contributed by atoms with Crippen molar-refractivity contribution in [3.05, 3.63) is 95.1 Å². The molecule has 1 saturated carbocycles. The molecule has 7 heteroatoms.